The minimum atomic E-state index is -2.04. The number of esters is 1. The van der Waals surface area contributed by atoms with Crippen molar-refractivity contribution in [1.82, 2.24) is 73.6 Å². The van der Waals surface area contributed by atoms with Crippen LogP contribution in [0.15, 0.2) is 72.9 Å². The third-order valence-corrected chi connectivity index (χ3v) is 22.8. The second-order valence-corrected chi connectivity index (χ2v) is 32.1. The Morgan fingerprint density at radius 1 is 0.602 bits per heavy atom. The van der Waals surface area contributed by atoms with Crippen molar-refractivity contribution in [1.29, 1.82) is 0 Å². The molecule has 113 heavy (non-hydrogen) atoms. The molecule has 3 heterocycles. The Morgan fingerprint density at radius 2 is 1.14 bits per heavy atom. The Kier molecular flexibility index (Phi) is 38.6. The first-order valence-corrected chi connectivity index (χ1v) is 40.9. The number of hydrogen-bond donors (Lipinski definition) is 15. The van der Waals surface area contributed by atoms with Crippen molar-refractivity contribution in [3.63, 3.8) is 0 Å². The largest absolute Gasteiger partial charge is 0.458 e. The molecule has 14 amide bonds. The molecule has 3 fully saturated rings. The monoisotopic (exact) mass is 1620 g/mol. The zero-order valence-corrected chi connectivity index (χ0v) is 68.3. The molecule has 3 aliphatic rings. The number of ether oxygens (including phenoxy) is 2. The molecule has 18 atom stereocenters. The summed E-state index contributed by atoms with van der Waals surface area (Å²) in [6.07, 6.45) is -5.11. The molecule has 3 aliphatic heterocycles. The molecule has 3 saturated heterocycles. The van der Waals surface area contributed by atoms with E-state index < -0.39 is 223 Å². The number of hydrogen-bond acceptors (Lipinski definition) is 22. The molecule has 5 rings (SSSR count). The third-order valence-electron chi connectivity index (χ3n) is 20.4. The second kappa shape index (κ2) is 46.2. The predicted octanol–water partition coefficient (Wildman–Crippen LogP) is -0.695. The Bertz CT molecular complexity index is 3640. The molecule has 2 aromatic carbocycles. The van der Waals surface area contributed by atoms with E-state index in [2.05, 4.69) is 70.4 Å². The predicted molar refractivity (Wildman–Crippen MR) is 420 cm³/mol. The van der Waals surface area contributed by atoms with Gasteiger partial charge in [0.1, 0.15) is 78.6 Å². The van der Waals surface area contributed by atoms with Gasteiger partial charge in [-0.25, -0.2) is 4.79 Å². The number of carbonyl (C=O) groups is 15. The third kappa shape index (κ3) is 28.7. The molecule has 0 saturated carbocycles. The molecular formula is C77H116N14O20S2. The van der Waals surface area contributed by atoms with Crippen LogP contribution in [0.5, 0.6) is 0 Å². The first kappa shape index (κ1) is 94.4. The van der Waals surface area contributed by atoms with Crippen molar-refractivity contribution in [2.45, 2.75) is 244 Å². The maximum absolute atomic E-state index is 15.6. The minimum absolute atomic E-state index is 0.0106. The van der Waals surface area contributed by atoms with Crippen molar-refractivity contribution in [2.24, 2.45) is 23.7 Å². The molecule has 36 heteroatoms. The number of likely N-dealkylation sites (N-methyl/N-ethyl adjacent to an activating group) is 1. The van der Waals surface area contributed by atoms with Gasteiger partial charge in [0.05, 0.1) is 18.4 Å². The number of amides is 14. The summed E-state index contributed by atoms with van der Waals surface area (Å²) in [6, 6.07) is -4.02. The number of nitrogens with one attached hydrogen (secondary N) is 12. The van der Waals surface area contributed by atoms with E-state index in [1.54, 1.807) is 102 Å². The van der Waals surface area contributed by atoms with Crippen LogP contribution >= 0.6 is 21.6 Å². The van der Waals surface area contributed by atoms with Gasteiger partial charge in [0, 0.05) is 57.9 Å². The average molecular weight is 1620 g/mol. The van der Waals surface area contributed by atoms with Gasteiger partial charge in [0.15, 0.2) is 12.3 Å². The quantitative estimate of drug-likeness (QED) is 0.0337. The Labute approximate surface area is 667 Å². The fraction of sp³-hybridized carbons (Fsp3) is 0.623. The van der Waals surface area contributed by atoms with E-state index in [0.717, 1.165) is 26.5 Å². The standard InChI is InChI=1S/C77H116N14O20S2/c1-15-41(6)33-50-67(99)87-60(40(4)5)76(108)90(13)63(47(12)110-14)74(106)85-54(37-92)77(109)111-46(11)62-73(105)84-53(36-49-27-22-19-23-28-49)75(107)91-32-24-29-57(91)71(103)86-56(70(102)88-61(43(8)17-3)72(104)79-45(10)65(97)81-50)39-113-112-38-55(80-58(93)30-31-59(94)95)69(101)83-52(35-48-25-20-18-21-26-48)66(98)78-44(9)64(96)82-51(68(100)89-62)34-42(7)16-2/h18-23,25-28,40-44,46-47,50-57,59-63,92,94-95H,10,15-17,24,29-39H2,1-9,11-14H3,(H,78,98)(H,79,104)(H,80,93)(H,81,97)(H,82,96)(H,83,101)(H,84,105)(H,85,106)(H,86,103)(H,87,99)(H,88,102)(H,89,100)/t41-,42+,43+,44-,46-,47-,50+,51?,52-,53-,54+,55+,56+,57+,60?,61+,62-,63+/m1/s1. The maximum atomic E-state index is 15.6. The van der Waals surface area contributed by atoms with Crippen molar-refractivity contribution < 1.29 is 96.7 Å². The summed E-state index contributed by atoms with van der Waals surface area (Å²) in [5.41, 5.74) is 0.424. The molecular weight excluding hydrogens is 1510 g/mol. The topological polar surface area (TPSA) is 486 Å². The van der Waals surface area contributed by atoms with Gasteiger partial charge < -0.3 is 98.4 Å². The highest BCUT2D eigenvalue weighted by Gasteiger charge is 2.45. The first-order chi connectivity index (χ1) is 53.5. The molecule has 34 nitrogen and oxygen atoms in total. The second-order valence-electron chi connectivity index (χ2n) is 29.6. The summed E-state index contributed by atoms with van der Waals surface area (Å²) < 4.78 is 11.5. The minimum Gasteiger partial charge on any atom is -0.458 e. The lowest BCUT2D eigenvalue weighted by molar-refractivity contribution is -0.158. The van der Waals surface area contributed by atoms with Crippen LogP contribution in [-0.4, -0.2) is 250 Å². The Morgan fingerprint density at radius 3 is 1.71 bits per heavy atom. The van der Waals surface area contributed by atoms with Gasteiger partial charge in [-0.05, 0) is 81.3 Å². The number of methoxy groups -OCH3 is 1. The van der Waals surface area contributed by atoms with E-state index in [0.29, 0.717) is 24.0 Å². The highest BCUT2D eigenvalue weighted by Crippen LogP contribution is 2.27. The lowest BCUT2D eigenvalue weighted by Gasteiger charge is -2.36. The highest BCUT2D eigenvalue weighted by molar-refractivity contribution is 8.76. The van der Waals surface area contributed by atoms with Crippen LogP contribution in [0, 0.1) is 23.7 Å². The van der Waals surface area contributed by atoms with E-state index in [9.17, 15) is 63.3 Å². The van der Waals surface area contributed by atoms with Crippen molar-refractivity contribution in [3.8, 4) is 0 Å². The van der Waals surface area contributed by atoms with Crippen LogP contribution in [-0.2, 0) is 94.2 Å². The molecule has 2 aromatic rings. The van der Waals surface area contributed by atoms with Gasteiger partial charge in [-0.3, -0.25) is 67.1 Å². The first-order valence-electron chi connectivity index (χ1n) is 38.4. The van der Waals surface area contributed by atoms with E-state index >= 15 is 24.0 Å². The number of nitrogens with zero attached hydrogens (tertiary/aromatic N) is 2. The van der Waals surface area contributed by atoms with Gasteiger partial charge >= 0.3 is 5.97 Å². The average Bonchev–Trinajstić information content (AvgIpc) is 1.75. The number of fused-ring (bicyclic) bond motifs is 6. The van der Waals surface area contributed by atoms with Gasteiger partial charge in [0.25, 0.3) is 5.91 Å². The van der Waals surface area contributed by atoms with Crippen LogP contribution in [0.3, 0.4) is 0 Å². The van der Waals surface area contributed by atoms with Crippen LogP contribution in [0.1, 0.15) is 145 Å². The lowest BCUT2D eigenvalue weighted by atomic mass is 9.96. The SMILES string of the molecule is C=C1NC(=O)[C@H]([C@@H](C)CC)NC(=O)[C@@H]2CSSC[C@H](NC(=O)CCC(O)O)C(=O)N[C@H](Cc3ccccc3)C(=O)N[C@H](C)C(=O)NC(C[C@@H](C)CC)C(=O)N[C@@H](C(=O)N[C@H](Cc3ccccc3)C(=O)N3CCC[C@H]3C(=O)N2)[C@@H](C)OC(=O)[C@H](CO)NC(=O)[C@H]([C@@H](C)OC)N(C)C(=O)C(C(C)C)NC(=O)[C@H](C[C@H](C)CC)NC1=O. The fourth-order valence-electron chi connectivity index (χ4n) is 12.7. The normalized spacial score (nSPS) is 27.5. The number of aliphatic hydroxyl groups excluding tert-OH is 2. The Balaban J connectivity index is 1.80. The molecule has 15 N–H and O–H groups in total. The molecule has 2 unspecified atom stereocenters. The van der Waals surface area contributed by atoms with Crippen molar-refractivity contribution in [2.75, 3.05) is 38.8 Å². The van der Waals surface area contributed by atoms with Crippen LogP contribution in [0.4, 0.5) is 0 Å². The summed E-state index contributed by atoms with van der Waals surface area (Å²) in [5.74, 6) is -17.6. The molecule has 2 bridgehead atoms. The van der Waals surface area contributed by atoms with E-state index in [-0.39, 0.29) is 74.8 Å². The lowest BCUT2D eigenvalue weighted by Crippen LogP contribution is -2.63. The van der Waals surface area contributed by atoms with Gasteiger partial charge in [-0.1, -0.05) is 163 Å². The number of benzene rings is 2. The molecule has 626 valence electrons. The number of aliphatic hydroxyl groups is 3. The van der Waals surface area contributed by atoms with Crippen LogP contribution < -0.4 is 63.8 Å². The van der Waals surface area contributed by atoms with Crippen molar-refractivity contribution >= 4 is 110 Å². The summed E-state index contributed by atoms with van der Waals surface area (Å²) in [7, 11) is 4.28. The smallest absolute Gasteiger partial charge is 0.331 e. The van der Waals surface area contributed by atoms with Crippen LogP contribution in [0.25, 0.3) is 0 Å². The number of cyclic esters (lactones) is 1. The number of carbonyl (C=O) groups excluding carboxylic acids is 15. The summed E-state index contributed by atoms with van der Waals surface area (Å²) in [4.78, 5) is 224. The van der Waals surface area contributed by atoms with Gasteiger partial charge in [0.2, 0.25) is 76.8 Å². The number of rotatable bonds is 20. The summed E-state index contributed by atoms with van der Waals surface area (Å²) in [5, 5.41) is 61.9. The van der Waals surface area contributed by atoms with Crippen molar-refractivity contribution in [3.05, 3.63) is 84.1 Å². The van der Waals surface area contributed by atoms with Gasteiger partial charge in [-0.2, -0.15) is 0 Å². The van der Waals surface area contributed by atoms with E-state index in [1.165, 1.54) is 39.8 Å². The zero-order chi connectivity index (χ0) is 84.1. The summed E-state index contributed by atoms with van der Waals surface area (Å²) >= 11 is 0. The molecule has 0 aromatic heterocycles. The zero-order valence-electron chi connectivity index (χ0n) is 66.6. The molecule has 0 spiro atoms. The molecule has 0 radical (unpaired) electrons. The van der Waals surface area contributed by atoms with E-state index in [1.807, 2.05) is 13.8 Å². The van der Waals surface area contributed by atoms with Crippen LogP contribution in [0.2, 0.25) is 0 Å². The van der Waals surface area contributed by atoms with Gasteiger partial charge in [-0.15, -0.1) is 0 Å². The fourth-order valence-corrected chi connectivity index (χ4v) is 15.0. The maximum Gasteiger partial charge on any atom is 0.331 e. The summed E-state index contributed by atoms with van der Waals surface area (Å²) in [6.45, 7) is 20.2. The van der Waals surface area contributed by atoms with E-state index in [4.69, 9.17) is 9.47 Å². The highest BCUT2D eigenvalue weighted by atomic mass is 33.1. The molecule has 0 aliphatic carbocycles. The Hall–Kier alpha value is -9.23.